The van der Waals surface area contributed by atoms with Crippen molar-refractivity contribution in [3.8, 4) is 0 Å². The highest BCUT2D eigenvalue weighted by molar-refractivity contribution is 4.83. The van der Waals surface area contributed by atoms with Crippen molar-refractivity contribution in [1.29, 1.82) is 0 Å². The smallest absolute Gasteiger partial charge is 0.0480 e. The van der Waals surface area contributed by atoms with Crippen LogP contribution in [0.2, 0.25) is 0 Å². The SMILES string of the molecule is CCC1CCCCC1NC1CCCOCC1. The molecule has 1 saturated heterocycles. The topological polar surface area (TPSA) is 21.3 Å². The van der Waals surface area contributed by atoms with Crippen LogP contribution >= 0.6 is 0 Å². The summed E-state index contributed by atoms with van der Waals surface area (Å²) in [5, 5.41) is 3.92. The molecule has 2 aliphatic rings. The van der Waals surface area contributed by atoms with Crippen LogP contribution in [0, 0.1) is 5.92 Å². The molecule has 2 fully saturated rings. The summed E-state index contributed by atoms with van der Waals surface area (Å²) >= 11 is 0. The fourth-order valence-corrected chi connectivity index (χ4v) is 3.29. The van der Waals surface area contributed by atoms with Gasteiger partial charge in [0.15, 0.2) is 0 Å². The van der Waals surface area contributed by atoms with Crippen LogP contribution in [0.4, 0.5) is 0 Å². The predicted molar refractivity (Wildman–Crippen MR) is 67.6 cm³/mol. The first kappa shape index (κ1) is 12.4. The predicted octanol–water partition coefficient (Wildman–Crippen LogP) is 3.11. The van der Waals surface area contributed by atoms with Crippen molar-refractivity contribution in [2.24, 2.45) is 5.92 Å². The first-order valence-electron chi connectivity index (χ1n) is 7.24. The van der Waals surface area contributed by atoms with E-state index in [0.717, 1.165) is 31.2 Å². The number of hydrogen-bond donors (Lipinski definition) is 1. The maximum absolute atomic E-state index is 5.53. The quantitative estimate of drug-likeness (QED) is 0.797. The number of nitrogens with one attached hydrogen (secondary N) is 1. The minimum Gasteiger partial charge on any atom is -0.381 e. The van der Waals surface area contributed by atoms with Crippen molar-refractivity contribution < 1.29 is 4.74 Å². The Hall–Kier alpha value is -0.0800. The molecule has 2 heteroatoms. The monoisotopic (exact) mass is 225 g/mol. The van der Waals surface area contributed by atoms with E-state index in [2.05, 4.69) is 12.2 Å². The average molecular weight is 225 g/mol. The zero-order valence-corrected chi connectivity index (χ0v) is 10.7. The molecular weight excluding hydrogens is 198 g/mol. The number of hydrogen-bond acceptors (Lipinski definition) is 2. The Balaban J connectivity index is 1.81. The van der Waals surface area contributed by atoms with Gasteiger partial charge in [0.25, 0.3) is 0 Å². The fourth-order valence-electron chi connectivity index (χ4n) is 3.29. The zero-order valence-electron chi connectivity index (χ0n) is 10.7. The lowest BCUT2D eigenvalue weighted by Crippen LogP contribution is -2.44. The van der Waals surface area contributed by atoms with Gasteiger partial charge in [-0.15, -0.1) is 0 Å². The molecule has 0 bridgehead atoms. The standard InChI is InChI=1S/C14H27NO/c1-2-12-6-3-4-8-14(12)15-13-7-5-10-16-11-9-13/h12-15H,2-11H2,1H3. The molecule has 0 aromatic heterocycles. The molecule has 0 aromatic rings. The second-order valence-corrected chi connectivity index (χ2v) is 5.47. The highest BCUT2D eigenvalue weighted by Crippen LogP contribution is 2.27. The van der Waals surface area contributed by atoms with Crippen molar-refractivity contribution in [2.45, 2.75) is 70.4 Å². The second kappa shape index (κ2) is 6.61. The molecule has 0 radical (unpaired) electrons. The van der Waals surface area contributed by atoms with Gasteiger partial charge >= 0.3 is 0 Å². The van der Waals surface area contributed by atoms with Crippen LogP contribution in [0.15, 0.2) is 0 Å². The fraction of sp³-hybridized carbons (Fsp3) is 1.00. The second-order valence-electron chi connectivity index (χ2n) is 5.47. The van der Waals surface area contributed by atoms with Gasteiger partial charge in [0, 0.05) is 25.3 Å². The third kappa shape index (κ3) is 3.46. The van der Waals surface area contributed by atoms with E-state index >= 15 is 0 Å². The minimum atomic E-state index is 0.722. The number of rotatable bonds is 3. The van der Waals surface area contributed by atoms with Crippen LogP contribution in [0.25, 0.3) is 0 Å². The van der Waals surface area contributed by atoms with Crippen LogP contribution in [0.5, 0.6) is 0 Å². The Kier molecular flexibility index (Phi) is 5.11. The zero-order chi connectivity index (χ0) is 11.2. The Labute approximate surface area is 100 Å². The van der Waals surface area contributed by atoms with Gasteiger partial charge in [0.2, 0.25) is 0 Å². The first-order chi connectivity index (χ1) is 7.90. The van der Waals surface area contributed by atoms with Gasteiger partial charge in [-0.3, -0.25) is 0 Å². The third-order valence-corrected chi connectivity index (χ3v) is 4.34. The van der Waals surface area contributed by atoms with E-state index in [1.807, 2.05) is 0 Å². The molecule has 2 nitrogen and oxygen atoms in total. The van der Waals surface area contributed by atoms with Gasteiger partial charge in [-0.05, 0) is 38.0 Å². The van der Waals surface area contributed by atoms with Crippen molar-refractivity contribution >= 4 is 0 Å². The maximum atomic E-state index is 5.53. The lowest BCUT2D eigenvalue weighted by molar-refractivity contribution is 0.140. The van der Waals surface area contributed by atoms with Crippen molar-refractivity contribution in [2.75, 3.05) is 13.2 Å². The average Bonchev–Trinajstić information content (AvgIpc) is 2.58. The lowest BCUT2D eigenvalue weighted by Gasteiger charge is -2.34. The Morgan fingerprint density at radius 3 is 2.75 bits per heavy atom. The Bertz CT molecular complexity index is 187. The highest BCUT2D eigenvalue weighted by Gasteiger charge is 2.25. The Morgan fingerprint density at radius 1 is 1.00 bits per heavy atom. The normalized spacial score (nSPS) is 36.9. The third-order valence-electron chi connectivity index (χ3n) is 4.34. The molecule has 1 N–H and O–H groups in total. The largest absolute Gasteiger partial charge is 0.381 e. The summed E-state index contributed by atoms with van der Waals surface area (Å²) in [4.78, 5) is 0. The molecule has 2 rings (SSSR count). The van der Waals surface area contributed by atoms with Gasteiger partial charge in [-0.1, -0.05) is 26.2 Å². The van der Waals surface area contributed by atoms with E-state index in [4.69, 9.17) is 4.74 Å². The van der Waals surface area contributed by atoms with Crippen LogP contribution < -0.4 is 5.32 Å². The summed E-state index contributed by atoms with van der Waals surface area (Å²) in [6, 6.07) is 1.52. The van der Waals surface area contributed by atoms with E-state index in [-0.39, 0.29) is 0 Å². The minimum absolute atomic E-state index is 0.722. The first-order valence-corrected chi connectivity index (χ1v) is 7.24. The van der Waals surface area contributed by atoms with Gasteiger partial charge in [-0.25, -0.2) is 0 Å². The summed E-state index contributed by atoms with van der Waals surface area (Å²) < 4.78 is 5.53. The number of ether oxygens (including phenoxy) is 1. The van der Waals surface area contributed by atoms with Crippen LogP contribution in [0.1, 0.15) is 58.3 Å². The molecule has 0 aromatic carbocycles. The van der Waals surface area contributed by atoms with E-state index in [0.29, 0.717) is 0 Å². The van der Waals surface area contributed by atoms with E-state index in [1.54, 1.807) is 0 Å². The van der Waals surface area contributed by atoms with Crippen LogP contribution in [-0.4, -0.2) is 25.3 Å². The van der Waals surface area contributed by atoms with Crippen molar-refractivity contribution in [3.05, 3.63) is 0 Å². The van der Waals surface area contributed by atoms with Gasteiger partial charge in [0.1, 0.15) is 0 Å². The molecule has 0 amide bonds. The van der Waals surface area contributed by atoms with E-state index in [9.17, 15) is 0 Å². The molecule has 0 spiro atoms. The molecule has 16 heavy (non-hydrogen) atoms. The van der Waals surface area contributed by atoms with E-state index < -0.39 is 0 Å². The van der Waals surface area contributed by atoms with Gasteiger partial charge in [-0.2, -0.15) is 0 Å². The van der Waals surface area contributed by atoms with Crippen molar-refractivity contribution in [3.63, 3.8) is 0 Å². The van der Waals surface area contributed by atoms with E-state index in [1.165, 1.54) is 51.4 Å². The molecule has 1 aliphatic carbocycles. The van der Waals surface area contributed by atoms with Crippen LogP contribution in [-0.2, 0) is 4.74 Å². The lowest BCUT2D eigenvalue weighted by atomic mass is 9.82. The summed E-state index contributed by atoms with van der Waals surface area (Å²) in [5.74, 6) is 0.929. The molecule has 1 saturated carbocycles. The molecule has 3 unspecified atom stereocenters. The molecule has 1 heterocycles. The highest BCUT2D eigenvalue weighted by atomic mass is 16.5. The van der Waals surface area contributed by atoms with Gasteiger partial charge < -0.3 is 10.1 Å². The summed E-state index contributed by atoms with van der Waals surface area (Å²) in [7, 11) is 0. The van der Waals surface area contributed by atoms with Crippen molar-refractivity contribution in [1.82, 2.24) is 5.32 Å². The summed E-state index contributed by atoms with van der Waals surface area (Å²) in [5.41, 5.74) is 0. The molecular formula is C14H27NO. The molecule has 3 atom stereocenters. The summed E-state index contributed by atoms with van der Waals surface area (Å²) in [6.45, 7) is 4.28. The maximum Gasteiger partial charge on any atom is 0.0480 e. The molecule has 94 valence electrons. The van der Waals surface area contributed by atoms with Crippen LogP contribution in [0.3, 0.4) is 0 Å². The summed E-state index contributed by atoms with van der Waals surface area (Å²) in [6.07, 6.45) is 10.8. The molecule has 1 aliphatic heterocycles. The Morgan fingerprint density at radius 2 is 1.88 bits per heavy atom. The van der Waals surface area contributed by atoms with Gasteiger partial charge in [0.05, 0.1) is 0 Å².